The Hall–Kier alpha value is -2.46. The second kappa shape index (κ2) is 8.25. The van der Waals surface area contributed by atoms with Gasteiger partial charge in [-0.1, -0.05) is 17.5 Å². The molecule has 0 bridgehead atoms. The molecular weight excluding hydrogens is 335 g/mol. The molecule has 0 saturated carbocycles. The number of hydrogen-bond donors (Lipinski definition) is 1. The summed E-state index contributed by atoms with van der Waals surface area (Å²) in [6.07, 6.45) is 2.34. The van der Waals surface area contributed by atoms with E-state index in [1.165, 1.54) is 0 Å². The molecule has 0 radical (unpaired) electrons. The first-order chi connectivity index (χ1) is 10.7. The molecule has 0 heterocycles. The summed E-state index contributed by atoms with van der Waals surface area (Å²) in [5.41, 5.74) is -0.904. The Bertz CT molecular complexity index is 663. The maximum absolute atomic E-state index is 12.6. The standard InChI is InChI=1S/C15H11ClF3NO3/c1-2-7-20-13(21)9-23-14(22)6-3-10-8-11(15(17,18)19)4-5-12(10)16/h1,3-6,8H,7,9H2,(H,20,21)/b6-3+. The molecule has 0 spiro atoms. The Morgan fingerprint density at radius 2 is 2.09 bits per heavy atom. The normalized spacial score (nSPS) is 11.1. The van der Waals surface area contributed by atoms with Gasteiger partial charge in [0.05, 0.1) is 12.1 Å². The van der Waals surface area contributed by atoms with Gasteiger partial charge in [0.15, 0.2) is 6.61 Å². The molecule has 0 atom stereocenters. The van der Waals surface area contributed by atoms with Gasteiger partial charge in [-0.3, -0.25) is 4.79 Å². The van der Waals surface area contributed by atoms with E-state index in [0.717, 1.165) is 30.4 Å². The average Bonchev–Trinajstić information content (AvgIpc) is 2.48. The van der Waals surface area contributed by atoms with Gasteiger partial charge in [-0.25, -0.2) is 4.79 Å². The highest BCUT2D eigenvalue weighted by Crippen LogP contribution is 2.32. The van der Waals surface area contributed by atoms with E-state index in [2.05, 4.69) is 16.0 Å². The fourth-order valence-electron chi connectivity index (χ4n) is 1.39. The van der Waals surface area contributed by atoms with Crippen LogP contribution in [0.4, 0.5) is 13.2 Å². The van der Waals surface area contributed by atoms with Crippen molar-refractivity contribution in [3.63, 3.8) is 0 Å². The second-order valence-electron chi connectivity index (χ2n) is 4.16. The molecule has 1 N–H and O–H groups in total. The van der Waals surface area contributed by atoms with Gasteiger partial charge in [0.25, 0.3) is 5.91 Å². The van der Waals surface area contributed by atoms with Crippen LogP contribution in [0.5, 0.6) is 0 Å². The third-order valence-electron chi connectivity index (χ3n) is 2.46. The first kappa shape index (κ1) is 18.6. The van der Waals surface area contributed by atoms with Crippen molar-refractivity contribution < 1.29 is 27.5 Å². The van der Waals surface area contributed by atoms with E-state index in [-0.39, 0.29) is 17.1 Å². The first-order valence-corrected chi connectivity index (χ1v) is 6.53. The van der Waals surface area contributed by atoms with E-state index < -0.39 is 30.2 Å². The van der Waals surface area contributed by atoms with Gasteiger partial charge in [-0.15, -0.1) is 6.42 Å². The molecule has 1 aromatic carbocycles. The largest absolute Gasteiger partial charge is 0.452 e. The number of rotatable bonds is 5. The van der Waals surface area contributed by atoms with Gasteiger partial charge in [-0.2, -0.15) is 13.2 Å². The third kappa shape index (κ3) is 6.45. The van der Waals surface area contributed by atoms with Crippen LogP contribution in [0.2, 0.25) is 5.02 Å². The second-order valence-corrected chi connectivity index (χ2v) is 4.56. The van der Waals surface area contributed by atoms with Crippen LogP contribution in [0.1, 0.15) is 11.1 Å². The van der Waals surface area contributed by atoms with Crippen molar-refractivity contribution in [2.45, 2.75) is 6.18 Å². The van der Waals surface area contributed by atoms with Crippen molar-refractivity contribution >= 4 is 29.6 Å². The molecule has 0 fully saturated rings. The number of nitrogens with one attached hydrogen (secondary N) is 1. The predicted molar refractivity (Wildman–Crippen MR) is 78.3 cm³/mol. The number of carbonyl (C=O) groups excluding carboxylic acids is 2. The number of esters is 1. The minimum atomic E-state index is -4.52. The number of amides is 1. The summed E-state index contributed by atoms with van der Waals surface area (Å²) < 4.78 is 42.4. The van der Waals surface area contributed by atoms with Crippen LogP contribution in [0.15, 0.2) is 24.3 Å². The van der Waals surface area contributed by atoms with Gasteiger partial charge in [0.1, 0.15) is 0 Å². The molecular formula is C15H11ClF3NO3. The molecule has 23 heavy (non-hydrogen) atoms. The lowest BCUT2D eigenvalue weighted by Gasteiger charge is -2.08. The van der Waals surface area contributed by atoms with Crippen LogP contribution in [-0.4, -0.2) is 25.0 Å². The van der Waals surface area contributed by atoms with Crippen LogP contribution in [0.3, 0.4) is 0 Å². The summed E-state index contributed by atoms with van der Waals surface area (Å²) in [5.74, 6) is 0.660. The first-order valence-electron chi connectivity index (χ1n) is 6.16. The number of benzene rings is 1. The van der Waals surface area contributed by atoms with Crippen molar-refractivity contribution in [1.82, 2.24) is 5.32 Å². The Morgan fingerprint density at radius 1 is 1.39 bits per heavy atom. The van der Waals surface area contributed by atoms with Gasteiger partial charge in [0, 0.05) is 11.1 Å². The average molecular weight is 346 g/mol. The molecule has 0 aliphatic rings. The quantitative estimate of drug-likeness (QED) is 0.507. The Labute approximate surface area is 135 Å². The lowest BCUT2D eigenvalue weighted by molar-refractivity contribution is -0.143. The van der Waals surface area contributed by atoms with Crippen molar-refractivity contribution in [2.75, 3.05) is 13.2 Å². The SMILES string of the molecule is C#CCNC(=O)COC(=O)/C=C/c1cc(C(F)(F)F)ccc1Cl. The monoisotopic (exact) mass is 345 g/mol. The zero-order valence-electron chi connectivity index (χ0n) is 11.6. The smallest absolute Gasteiger partial charge is 0.416 e. The molecule has 1 rings (SSSR count). The molecule has 122 valence electrons. The van der Waals surface area contributed by atoms with Crippen molar-refractivity contribution in [1.29, 1.82) is 0 Å². The van der Waals surface area contributed by atoms with Gasteiger partial charge in [0.2, 0.25) is 0 Å². The maximum atomic E-state index is 12.6. The summed E-state index contributed by atoms with van der Waals surface area (Å²) in [6.45, 7) is -0.562. The number of halogens is 4. The third-order valence-corrected chi connectivity index (χ3v) is 2.80. The predicted octanol–water partition coefficient (Wildman–Crippen LogP) is 2.66. The molecule has 1 aromatic rings. The topological polar surface area (TPSA) is 55.4 Å². The molecule has 1 amide bonds. The number of ether oxygens (including phenoxy) is 1. The van der Waals surface area contributed by atoms with Crippen molar-refractivity contribution in [2.24, 2.45) is 0 Å². The molecule has 0 aromatic heterocycles. The summed E-state index contributed by atoms with van der Waals surface area (Å²) in [4.78, 5) is 22.5. The fourth-order valence-corrected chi connectivity index (χ4v) is 1.57. The Balaban J connectivity index is 2.68. The van der Waals surface area contributed by atoms with Gasteiger partial charge >= 0.3 is 12.1 Å². The van der Waals surface area contributed by atoms with Crippen LogP contribution < -0.4 is 5.32 Å². The molecule has 0 saturated heterocycles. The fraction of sp³-hybridized carbons (Fsp3) is 0.200. The minimum absolute atomic E-state index is 0.00442. The minimum Gasteiger partial charge on any atom is -0.452 e. The molecule has 0 aliphatic heterocycles. The maximum Gasteiger partial charge on any atom is 0.416 e. The van der Waals surface area contributed by atoms with Crippen LogP contribution in [0.25, 0.3) is 6.08 Å². The zero-order chi connectivity index (χ0) is 17.5. The van der Waals surface area contributed by atoms with Crippen molar-refractivity contribution in [3.8, 4) is 12.3 Å². The zero-order valence-corrected chi connectivity index (χ0v) is 12.4. The summed E-state index contributed by atoms with van der Waals surface area (Å²) in [5, 5.41) is 2.31. The van der Waals surface area contributed by atoms with E-state index in [4.69, 9.17) is 18.0 Å². The highest BCUT2D eigenvalue weighted by atomic mass is 35.5. The molecule has 4 nitrogen and oxygen atoms in total. The number of carbonyl (C=O) groups is 2. The van der Waals surface area contributed by atoms with Crippen molar-refractivity contribution in [3.05, 3.63) is 40.4 Å². The van der Waals surface area contributed by atoms with E-state index >= 15 is 0 Å². The van der Waals surface area contributed by atoms with E-state index in [9.17, 15) is 22.8 Å². The van der Waals surface area contributed by atoms with Gasteiger partial charge in [-0.05, 0) is 29.8 Å². The molecule has 0 aliphatic carbocycles. The summed E-state index contributed by atoms with van der Waals surface area (Å²) in [6, 6.07) is 2.70. The van der Waals surface area contributed by atoms with Crippen LogP contribution in [0, 0.1) is 12.3 Å². The van der Waals surface area contributed by atoms with E-state index in [1.807, 2.05) is 0 Å². The Kier molecular flexibility index (Phi) is 6.66. The molecule has 0 unspecified atom stereocenters. The van der Waals surface area contributed by atoms with E-state index in [0.29, 0.717) is 0 Å². The highest BCUT2D eigenvalue weighted by molar-refractivity contribution is 6.32. The Morgan fingerprint density at radius 3 is 2.70 bits per heavy atom. The van der Waals surface area contributed by atoms with Gasteiger partial charge < -0.3 is 10.1 Å². The molecule has 8 heteroatoms. The summed E-state index contributed by atoms with van der Waals surface area (Å²) in [7, 11) is 0. The van der Waals surface area contributed by atoms with Crippen LogP contribution >= 0.6 is 11.6 Å². The van der Waals surface area contributed by atoms with E-state index in [1.54, 1.807) is 0 Å². The summed E-state index contributed by atoms with van der Waals surface area (Å²) >= 11 is 5.76. The lowest BCUT2D eigenvalue weighted by Crippen LogP contribution is -2.28. The lowest BCUT2D eigenvalue weighted by atomic mass is 10.1. The van der Waals surface area contributed by atoms with Crippen LogP contribution in [-0.2, 0) is 20.5 Å². The highest BCUT2D eigenvalue weighted by Gasteiger charge is 2.30. The number of hydrogen-bond acceptors (Lipinski definition) is 3. The number of alkyl halides is 3. The number of terminal acetylenes is 1.